The van der Waals surface area contributed by atoms with E-state index in [0.717, 1.165) is 36.8 Å². The molecule has 36 heavy (non-hydrogen) atoms. The third-order valence-electron chi connectivity index (χ3n) is 6.97. The summed E-state index contributed by atoms with van der Waals surface area (Å²) in [6.45, 7) is 0.250. The van der Waals surface area contributed by atoms with E-state index in [2.05, 4.69) is 5.32 Å². The smallest absolute Gasteiger partial charge is 0.286 e. The number of ether oxygens (including phenoxy) is 2. The van der Waals surface area contributed by atoms with Crippen molar-refractivity contribution in [2.75, 3.05) is 0 Å². The highest BCUT2D eigenvalue weighted by atomic mass is 16.7. The largest absolute Gasteiger partial charge is 0.464 e. The SMILES string of the molecule is O=C(NC1CCCCC1)C1=C[C@H](c2coc3ccccc3c2=O)C[C@H](OCc2ccc(CO)cc2)O1. The number of hydrogen-bond donors (Lipinski definition) is 2. The van der Waals surface area contributed by atoms with Crippen LogP contribution >= 0.6 is 0 Å². The molecule has 1 aliphatic heterocycles. The maximum atomic E-state index is 13.3. The molecule has 1 amide bonds. The number of carbonyl (C=O) groups is 1. The predicted octanol–water partition coefficient (Wildman–Crippen LogP) is 4.66. The van der Waals surface area contributed by atoms with Gasteiger partial charge in [-0.05, 0) is 42.2 Å². The summed E-state index contributed by atoms with van der Waals surface area (Å²) in [6.07, 6.45) is 8.18. The van der Waals surface area contributed by atoms with Gasteiger partial charge in [-0.15, -0.1) is 0 Å². The van der Waals surface area contributed by atoms with Crippen LogP contribution in [0.15, 0.2) is 75.8 Å². The van der Waals surface area contributed by atoms with Gasteiger partial charge in [0.25, 0.3) is 5.91 Å². The summed E-state index contributed by atoms with van der Waals surface area (Å²) in [7, 11) is 0. The minimum atomic E-state index is -0.713. The summed E-state index contributed by atoms with van der Waals surface area (Å²) in [5.74, 6) is -0.504. The van der Waals surface area contributed by atoms with Crippen LogP contribution < -0.4 is 10.7 Å². The van der Waals surface area contributed by atoms with Crippen molar-refractivity contribution in [1.29, 1.82) is 0 Å². The highest BCUT2D eigenvalue weighted by Gasteiger charge is 2.31. The number of allylic oxidation sites excluding steroid dienone is 1. The number of benzene rings is 2. The van der Waals surface area contributed by atoms with Crippen LogP contribution in [0.5, 0.6) is 0 Å². The molecular weight excluding hydrogens is 458 g/mol. The number of hydrogen-bond acceptors (Lipinski definition) is 6. The monoisotopic (exact) mass is 489 g/mol. The van der Waals surface area contributed by atoms with Crippen LogP contribution in [0, 0.1) is 0 Å². The third-order valence-corrected chi connectivity index (χ3v) is 6.97. The van der Waals surface area contributed by atoms with Gasteiger partial charge in [0, 0.05) is 23.9 Å². The van der Waals surface area contributed by atoms with Crippen molar-refractivity contribution in [3.05, 3.63) is 93.5 Å². The molecule has 0 spiro atoms. The molecule has 0 radical (unpaired) electrons. The Morgan fingerprint density at radius 1 is 1.03 bits per heavy atom. The van der Waals surface area contributed by atoms with Crippen LogP contribution in [0.25, 0.3) is 11.0 Å². The fourth-order valence-electron chi connectivity index (χ4n) is 4.92. The van der Waals surface area contributed by atoms with Crippen molar-refractivity contribution in [2.45, 2.75) is 70.0 Å². The maximum Gasteiger partial charge on any atom is 0.286 e. The minimum Gasteiger partial charge on any atom is -0.464 e. The van der Waals surface area contributed by atoms with Gasteiger partial charge in [0.1, 0.15) is 5.58 Å². The lowest BCUT2D eigenvalue weighted by Gasteiger charge is -2.30. The van der Waals surface area contributed by atoms with Crippen LogP contribution in [-0.2, 0) is 27.5 Å². The average Bonchev–Trinajstić information content (AvgIpc) is 2.93. The predicted molar refractivity (Wildman–Crippen MR) is 135 cm³/mol. The van der Waals surface area contributed by atoms with E-state index < -0.39 is 12.2 Å². The van der Waals surface area contributed by atoms with Crippen LogP contribution in [0.3, 0.4) is 0 Å². The quantitative estimate of drug-likeness (QED) is 0.501. The van der Waals surface area contributed by atoms with Crippen molar-refractivity contribution >= 4 is 16.9 Å². The molecule has 1 aliphatic carbocycles. The molecule has 1 saturated carbocycles. The second kappa shape index (κ2) is 11.1. The molecule has 3 aromatic rings. The van der Waals surface area contributed by atoms with Gasteiger partial charge in [-0.1, -0.05) is 55.7 Å². The molecule has 1 fully saturated rings. The van der Waals surface area contributed by atoms with Gasteiger partial charge < -0.3 is 24.3 Å². The number of aliphatic hydroxyl groups excluding tert-OH is 1. The second-order valence-electron chi connectivity index (χ2n) is 9.53. The van der Waals surface area contributed by atoms with Crippen LogP contribution in [0.2, 0.25) is 0 Å². The Morgan fingerprint density at radius 2 is 1.78 bits per heavy atom. The van der Waals surface area contributed by atoms with E-state index in [-0.39, 0.29) is 36.4 Å². The highest BCUT2D eigenvalue weighted by molar-refractivity contribution is 5.92. The molecule has 2 aliphatic rings. The number of rotatable bonds is 7. The second-order valence-corrected chi connectivity index (χ2v) is 9.53. The first-order valence-corrected chi connectivity index (χ1v) is 12.6. The van der Waals surface area contributed by atoms with E-state index in [9.17, 15) is 14.7 Å². The molecule has 7 nitrogen and oxygen atoms in total. The van der Waals surface area contributed by atoms with Gasteiger partial charge in [0.05, 0.1) is 24.9 Å². The van der Waals surface area contributed by atoms with E-state index in [1.807, 2.05) is 30.3 Å². The molecular formula is C29H31NO6. The molecule has 0 unspecified atom stereocenters. The zero-order valence-electron chi connectivity index (χ0n) is 20.2. The van der Waals surface area contributed by atoms with Gasteiger partial charge in [-0.2, -0.15) is 0 Å². The fraction of sp³-hybridized carbons (Fsp3) is 0.379. The minimum absolute atomic E-state index is 0.0207. The summed E-state index contributed by atoms with van der Waals surface area (Å²) < 4.78 is 17.8. The Balaban J connectivity index is 1.38. The summed E-state index contributed by atoms with van der Waals surface area (Å²) in [4.78, 5) is 26.4. The zero-order valence-corrected chi connectivity index (χ0v) is 20.2. The molecule has 0 bridgehead atoms. The number of amides is 1. The number of para-hydroxylation sites is 1. The van der Waals surface area contributed by atoms with E-state index in [1.54, 1.807) is 24.3 Å². The lowest BCUT2D eigenvalue weighted by molar-refractivity contribution is -0.150. The molecule has 2 N–H and O–H groups in total. The van der Waals surface area contributed by atoms with E-state index in [4.69, 9.17) is 13.9 Å². The van der Waals surface area contributed by atoms with Crippen LogP contribution in [0.4, 0.5) is 0 Å². The maximum absolute atomic E-state index is 13.3. The van der Waals surface area contributed by atoms with E-state index in [1.165, 1.54) is 12.7 Å². The topological polar surface area (TPSA) is 98.0 Å². The Kier molecular flexibility index (Phi) is 7.49. The lowest BCUT2D eigenvalue weighted by Crippen LogP contribution is -2.39. The molecule has 0 saturated heterocycles. The Bertz CT molecular complexity index is 1290. The van der Waals surface area contributed by atoms with Crippen molar-refractivity contribution in [2.24, 2.45) is 0 Å². The van der Waals surface area contributed by atoms with E-state index in [0.29, 0.717) is 23.0 Å². The standard InChI is InChI=1S/C29H31NO6/c31-16-19-10-12-20(13-11-19)17-35-27-15-21(24-18-34-25-9-5-4-8-23(25)28(24)32)14-26(36-27)29(33)30-22-6-2-1-3-7-22/h4-5,8-14,18,21-22,27,31H,1-3,6-7,15-17H2,(H,30,33)/t21-,27+/m0/s1. The number of aliphatic hydroxyl groups is 1. The molecule has 2 atom stereocenters. The Hall–Kier alpha value is -3.42. The lowest BCUT2D eigenvalue weighted by atomic mass is 9.92. The average molecular weight is 490 g/mol. The first-order chi connectivity index (χ1) is 17.6. The molecule has 2 aromatic carbocycles. The summed E-state index contributed by atoms with van der Waals surface area (Å²) >= 11 is 0. The first-order valence-electron chi connectivity index (χ1n) is 12.6. The molecule has 1 aromatic heterocycles. The summed E-state index contributed by atoms with van der Waals surface area (Å²) in [5.41, 5.74) is 2.61. The Morgan fingerprint density at radius 3 is 2.56 bits per heavy atom. The molecule has 2 heterocycles. The van der Waals surface area contributed by atoms with E-state index >= 15 is 0 Å². The summed E-state index contributed by atoms with van der Waals surface area (Å²) in [5, 5.41) is 12.9. The fourth-order valence-corrected chi connectivity index (χ4v) is 4.92. The van der Waals surface area contributed by atoms with Gasteiger partial charge in [0.2, 0.25) is 6.29 Å². The summed E-state index contributed by atoms with van der Waals surface area (Å²) in [6, 6.07) is 14.7. The third kappa shape index (κ3) is 5.53. The van der Waals surface area contributed by atoms with Crippen molar-refractivity contribution < 1.29 is 23.8 Å². The van der Waals surface area contributed by atoms with Crippen molar-refractivity contribution in [3.8, 4) is 0 Å². The van der Waals surface area contributed by atoms with Gasteiger partial charge in [0.15, 0.2) is 11.2 Å². The normalized spacial score (nSPS) is 20.5. The molecule has 188 valence electrons. The van der Waals surface area contributed by atoms with Gasteiger partial charge >= 0.3 is 0 Å². The number of fused-ring (bicyclic) bond motifs is 1. The zero-order chi connectivity index (χ0) is 24.9. The van der Waals surface area contributed by atoms with Gasteiger partial charge in [-0.25, -0.2) is 0 Å². The van der Waals surface area contributed by atoms with Crippen LogP contribution in [-0.4, -0.2) is 23.3 Å². The van der Waals surface area contributed by atoms with Crippen LogP contribution in [0.1, 0.15) is 61.1 Å². The molecule has 5 rings (SSSR count). The number of carbonyl (C=O) groups excluding carboxylic acids is 1. The van der Waals surface area contributed by atoms with Crippen molar-refractivity contribution in [1.82, 2.24) is 5.32 Å². The molecule has 7 heteroatoms. The number of nitrogens with one attached hydrogen (secondary N) is 1. The Labute approximate surface area is 209 Å². The first kappa shape index (κ1) is 24.3. The van der Waals surface area contributed by atoms with Crippen molar-refractivity contribution in [3.63, 3.8) is 0 Å². The highest BCUT2D eigenvalue weighted by Crippen LogP contribution is 2.32. The van der Waals surface area contributed by atoms with Gasteiger partial charge in [-0.3, -0.25) is 9.59 Å².